The zero-order chi connectivity index (χ0) is 20.5. The van der Waals surface area contributed by atoms with Crippen LogP contribution in [0.25, 0.3) is 22.1 Å². The monoisotopic (exact) mass is 408 g/mol. The number of anilines is 1. The van der Waals surface area contributed by atoms with Gasteiger partial charge in [-0.05, 0) is 26.0 Å². The van der Waals surface area contributed by atoms with Crippen molar-refractivity contribution < 1.29 is 9.72 Å². The molecular weight excluding hydrogens is 392 g/mol. The number of aromatic amines is 1. The van der Waals surface area contributed by atoms with Crippen LogP contribution in [-0.2, 0) is 4.79 Å². The fraction of sp³-hybridized carbons (Fsp3) is 0.158. The quantitative estimate of drug-likeness (QED) is 0.292. The first-order valence-electron chi connectivity index (χ1n) is 8.76. The first-order chi connectivity index (χ1) is 13.9. The molecule has 0 aliphatic heterocycles. The lowest BCUT2D eigenvalue weighted by Crippen LogP contribution is -2.22. The van der Waals surface area contributed by atoms with Gasteiger partial charge in [-0.25, -0.2) is 4.98 Å². The largest absolute Gasteiger partial charge is 0.338 e. The van der Waals surface area contributed by atoms with Gasteiger partial charge in [0.2, 0.25) is 11.1 Å². The summed E-state index contributed by atoms with van der Waals surface area (Å²) in [6, 6.07) is 12.3. The van der Waals surface area contributed by atoms with E-state index >= 15 is 0 Å². The first kappa shape index (κ1) is 18.8. The number of nitro groups is 1. The molecule has 2 aromatic heterocycles. The standard InChI is InChI=1S/C19H16N6O3S/c1-10-7-8-12(9-15(10)25(27)28)20-18(26)11(2)29-19-22-17-16(23-24-19)13-5-3-4-6-14(13)21-17/h3-9,11H,1-2H3,(H,20,26)(H,21,22,24)/t11-/m1/s1. The number of fused-ring (bicyclic) bond motifs is 3. The Morgan fingerprint density at radius 3 is 2.83 bits per heavy atom. The first-order valence-corrected chi connectivity index (χ1v) is 9.64. The Hall–Kier alpha value is -3.53. The number of carbonyl (C=O) groups is 1. The van der Waals surface area contributed by atoms with Crippen LogP contribution in [0, 0.1) is 17.0 Å². The number of amides is 1. The maximum Gasteiger partial charge on any atom is 0.274 e. The van der Waals surface area contributed by atoms with Crippen molar-refractivity contribution in [3.05, 3.63) is 58.1 Å². The molecule has 1 amide bonds. The number of nitro benzene ring substituents is 1. The molecule has 10 heteroatoms. The van der Waals surface area contributed by atoms with Gasteiger partial charge in [-0.15, -0.1) is 10.2 Å². The molecule has 0 unspecified atom stereocenters. The van der Waals surface area contributed by atoms with Crippen molar-refractivity contribution in [2.75, 3.05) is 5.32 Å². The predicted octanol–water partition coefficient (Wildman–Crippen LogP) is 3.84. The average molecular weight is 408 g/mol. The van der Waals surface area contributed by atoms with Crippen LogP contribution in [0.15, 0.2) is 47.6 Å². The number of nitrogens with zero attached hydrogens (tertiary/aromatic N) is 4. The van der Waals surface area contributed by atoms with Gasteiger partial charge in [0.15, 0.2) is 5.65 Å². The van der Waals surface area contributed by atoms with E-state index < -0.39 is 10.2 Å². The normalized spacial score (nSPS) is 12.2. The second kappa shape index (κ2) is 7.47. The maximum absolute atomic E-state index is 12.5. The molecule has 0 fully saturated rings. The smallest absolute Gasteiger partial charge is 0.274 e. The molecule has 2 aromatic carbocycles. The van der Waals surface area contributed by atoms with E-state index in [-0.39, 0.29) is 11.6 Å². The molecule has 4 aromatic rings. The maximum atomic E-state index is 12.5. The van der Waals surface area contributed by atoms with Crippen molar-refractivity contribution in [2.24, 2.45) is 0 Å². The van der Waals surface area contributed by atoms with Crippen LogP contribution >= 0.6 is 11.8 Å². The molecule has 2 heterocycles. The molecule has 0 saturated carbocycles. The van der Waals surface area contributed by atoms with Crippen LogP contribution in [0.3, 0.4) is 0 Å². The van der Waals surface area contributed by atoms with Crippen molar-refractivity contribution in [1.29, 1.82) is 0 Å². The molecular formula is C19H16N6O3S. The molecule has 2 N–H and O–H groups in total. The second-order valence-corrected chi connectivity index (χ2v) is 7.78. The minimum atomic E-state index is -0.529. The van der Waals surface area contributed by atoms with Gasteiger partial charge in [0, 0.05) is 28.2 Å². The summed E-state index contributed by atoms with van der Waals surface area (Å²) >= 11 is 1.16. The molecule has 0 spiro atoms. The van der Waals surface area contributed by atoms with Crippen LogP contribution in [0.2, 0.25) is 0 Å². The molecule has 0 aliphatic rings. The van der Waals surface area contributed by atoms with Crippen LogP contribution in [0.4, 0.5) is 11.4 Å². The highest BCUT2D eigenvalue weighted by Gasteiger charge is 2.19. The van der Waals surface area contributed by atoms with Crippen molar-refractivity contribution in [3.8, 4) is 0 Å². The fourth-order valence-corrected chi connectivity index (χ4v) is 3.61. The molecule has 0 radical (unpaired) electrons. The lowest BCUT2D eigenvalue weighted by atomic mass is 10.2. The third-order valence-corrected chi connectivity index (χ3v) is 5.38. The zero-order valence-corrected chi connectivity index (χ0v) is 16.4. The third kappa shape index (κ3) is 3.74. The van der Waals surface area contributed by atoms with E-state index in [2.05, 4.69) is 25.5 Å². The van der Waals surface area contributed by atoms with E-state index in [1.807, 2.05) is 24.3 Å². The Labute approximate surface area is 169 Å². The van der Waals surface area contributed by atoms with Gasteiger partial charge >= 0.3 is 0 Å². The predicted molar refractivity (Wildman–Crippen MR) is 111 cm³/mol. The van der Waals surface area contributed by atoms with Crippen molar-refractivity contribution in [3.63, 3.8) is 0 Å². The second-order valence-electron chi connectivity index (χ2n) is 6.47. The summed E-state index contributed by atoms with van der Waals surface area (Å²) in [5, 5.41) is 22.9. The molecule has 146 valence electrons. The van der Waals surface area contributed by atoms with Gasteiger partial charge in [-0.3, -0.25) is 14.9 Å². The van der Waals surface area contributed by atoms with Gasteiger partial charge in [0.1, 0.15) is 5.52 Å². The topological polar surface area (TPSA) is 127 Å². The van der Waals surface area contributed by atoms with Crippen LogP contribution in [-0.4, -0.2) is 36.2 Å². The van der Waals surface area contributed by atoms with Crippen molar-refractivity contribution in [1.82, 2.24) is 20.2 Å². The van der Waals surface area contributed by atoms with Crippen molar-refractivity contribution >= 4 is 51.1 Å². The minimum Gasteiger partial charge on any atom is -0.338 e. The number of para-hydroxylation sites is 1. The van der Waals surface area contributed by atoms with E-state index in [1.165, 1.54) is 6.07 Å². The Morgan fingerprint density at radius 1 is 1.24 bits per heavy atom. The van der Waals surface area contributed by atoms with Crippen LogP contribution in [0.1, 0.15) is 12.5 Å². The summed E-state index contributed by atoms with van der Waals surface area (Å²) in [7, 11) is 0. The van der Waals surface area contributed by atoms with E-state index in [0.717, 1.165) is 22.7 Å². The summed E-state index contributed by atoms with van der Waals surface area (Å²) < 4.78 is 0. The number of benzene rings is 2. The highest BCUT2D eigenvalue weighted by atomic mass is 32.2. The Kier molecular flexibility index (Phi) is 4.85. The number of hydrogen-bond acceptors (Lipinski definition) is 7. The number of hydrogen-bond donors (Lipinski definition) is 2. The summed E-state index contributed by atoms with van der Waals surface area (Å²) in [4.78, 5) is 30.7. The van der Waals surface area contributed by atoms with E-state index in [1.54, 1.807) is 26.0 Å². The van der Waals surface area contributed by atoms with E-state index in [9.17, 15) is 14.9 Å². The number of aryl methyl sites for hydroxylation is 1. The molecule has 4 rings (SSSR count). The van der Waals surface area contributed by atoms with Crippen LogP contribution < -0.4 is 5.32 Å². The van der Waals surface area contributed by atoms with Gasteiger partial charge in [-0.1, -0.05) is 36.0 Å². The van der Waals surface area contributed by atoms with E-state index in [0.29, 0.717) is 27.6 Å². The number of nitrogens with one attached hydrogen (secondary N) is 2. The Balaban J connectivity index is 1.50. The molecule has 1 atom stereocenters. The number of thioether (sulfide) groups is 1. The molecule has 0 saturated heterocycles. The highest BCUT2D eigenvalue weighted by molar-refractivity contribution is 8.00. The number of aromatic nitrogens is 4. The fourth-order valence-electron chi connectivity index (χ4n) is 2.90. The number of carbonyl (C=O) groups excluding carboxylic acids is 1. The van der Waals surface area contributed by atoms with Crippen LogP contribution in [0.5, 0.6) is 0 Å². The average Bonchev–Trinajstić information content (AvgIpc) is 3.06. The van der Waals surface area contributed by atoms with Crippen molar-refractivity contribution in [2.45, 2.75) is 24.3 Å². The van der Waals surface area contributed by atoms with Gasteiger partial charge in [-0.2, -0.15) is 0 Å². The third-order valence-electron chi connectivity index (χ3n) is 4.43. The number of rotatable bonds is 5. The summed E-state index contributed by atoms with van der Waals surface area (Å²) in [6.07, 6.45) is 0. The summed E-state index contributed by atoms with van der Waals surface area (Å²) in [5.74, 6) is -0.312. The van der Waals surface area contributed by atoms with Gasteiger partial charge in [0.05, 0.1) is 10.2 Å². The lowest BCUT2D eigenvalue weighted by molar-refractivity contribution is -0.385. The van der Waals surface area contributed by atoms with Gasteiger partial charge in [0.25, 0.3) is 5.69 Å². The number of H-pyrrole nitrogens is 1. The Morgan fingerprint density at radius 2 is 2.03 bits per heavy atom. The lowest BCUT2D eigenvalue weighted by Gasteiger charge is -2.11. The molecule has 9 nitrogen and oxygen atoms in total. The Bertz CT molecular complexity index is 1260. The summed E-state index contributed by atoms with van der Waals surface area (Å²) in [5.41, 5.74) is 3.05. The van der Waals surface area contributed by atoms with E-state index in [4.69, 9.17) is 0 Å². The molecule has 29 heavy (non-hydrogen) atoms. The minimum absolute atomic E-state index is 0.0418. The summed E-state index contributed by atoms with van der Waals surface area (Å²) in [6.45, 7) is 3.36. The zero-order valence-electron chi connectivity index (χ0n) is 15.5. The molecule has 0 aliphatic carbocycles. The van der Waals surface area contributed by atoms with Gasteiger partial charge < -0.3 is 10.3 Å². The SMILES string of the molecule is Cc1ccc(NC(=O)[C@@H](C)Sc2nnc3c(n2)[nH]c2ccccc23)cc1[N+](=O)[O-]. The highest BCUT2D eigenvalue weighted by Crippen LogP contribution is 2.26. The molecule has 0 bridgehead atoms.